The summed E-state index contributed by atoms with van der Waals surface area (Å²) in [5, 5.41) is 0. The highest BCUT2D eigenvalue weighted by Crippen LogP contribution is 1.78. The molecule has 0 rings (SSSR count). The zero-order valence-electron chi connectivity index (χ0n) is 6.68. The quantitative estimate of drug-likeness (QED) is 0.342. The smallest absolute Gasteiger partial charge is 0.243 e. The van der Waals surface area contributed by atoms with Crippen LogP contribution in [0.4, 0.5) is 0 Å². The molecule has 0 atom stereocenters. The van der Waals surface area contributed by atoms with E-state index in [9.17, 15) is 4.79 Å². The van der Waals surface area contributed by atoms with Crippen LogP contribution in [0.2, 0.25) is 6.04 Å². The summed E-state index contributed by atoms with van der Waals surface area (Å²) in [5.74, 6) is -0.435. The van der Waals surface area contributed by atoms with Crippen molar-refractivity contribution in [1.29, 1.82) is 0 Å². The molecule has 0 aromatic carbocycles. The molecule has 0 bridgehead atoms. The Bertz CT molecular complexity index is 120. The third-order valence-corrected chi connectivity index (χ3v) is 1.29. The number of carbonyl (C=O) groups is 1. The number of rotatable bonds is 2. The van der Waals surface area contributed by atoms with Crippen molar-refractivity contribution < 1.29 is 4.79 Å². The van der Waals surface area contributed by atoms with Crippen LogP contribution in [0.25, 0.3) is 0 Å². The lowest BCUT2D eigenvalue weighted by Crippen LogP contribution is -2.10. The molecule has 0 aliphatic heterocycles. The Morgan fingerprint density at radius 3 is 2.00 bits per heavy atom. The number of nitrogens with two attached hydrogens (primary N) is 1. The Morgan fingerprint density at radius 1 is 1.80 bits per heavy atom. The molecular formula is C7H15NOSi. The van der Waals surface area contributed by atoms with Crippen molar-refractivity contribution in [2.75, 3.05) is 0 Å². The minimum atomic E-state index is -0.435. The normalized spacial score (nSPS) is 7.30. The summed E-state index contributed by atoms with van der Waals surface area (Å²) in [6.07, 6.45) is 1.94. The molecule has 0 aromatic rings. The van der Waals surface area contributed by atoms with Crippen LogP contribution in [0.15, 0.2) is 24.8 Å². The molecule has 58 valence electrons. The second kappa shape index (κ2) is 8.17. The van der Waals surface area contributed by atoms with E-state index in [2.05, 4.69) is 13.2 Å². The van der Waals surface area contributed by atoms with Crippen LogP contribution in [-0.2, 0) is 4.79 Å². The average molecular weight is 157 g/mol. The SMILES string of the molecule is C=C(C)C(N)=O.C=CC[SiH3]. The molecule has 0 radical (unpaired) electrons. The number of primary amides is 1. The van der Waals surface area contributed by atoms with Gasteiger partial charge < -0.3 is 5.73 Å². The Balaban J connectivity index is 0. The maximum atomic E-state index is 9.82. The first-order chi connectivity index (χ1) is 4.56. The average Bonchev–Trinajstić information content (AvgIpc) is 1.89. The van der Waals surface area contributed by atoms with Crippen LogP contribution < -0.4 is 5.73 Å². The zero-order valence-corrected chi connectivity index (χ0v) is 8.68. The van der Waals surface area contributed by atoms with Gasteiger partial charge in [0.25, 0.3) is 0 Å². The van der Waals surface area contributed by atoms with Crippen molar-refractivity contribution >= 4 is 16.1 Å². The van der Waals surface area contributed by atoms with Crippen molar-refractivity contribution in [2.24, 2.45) is 5.73 Å². The Kier molecular flexibility index (Phi) is 9.72. The largest absolute Gasteiger partial charge is 0.366 e. The van der Waals surface area contributed by atoms with Crippen LogP contribution in [-0.4, -0.2) is 16.1 Å². The van der Waals surface area contributed by atoms with E-state index in [-0.39, 0.29) is 0 Å². The summed E-state index contributed by atoms with van der Waals surface area (Å²) in [7, 11) is 1.27. The van der Waals surface area contributed by atoms with E-state index in [1.54, 1.807) is 6.92 Å². The first-order valence-electron chi connectivity index (χ1n) is 3.12. The second-order valence-corrected chi connectivity index (χ2v) is 2.66. The monoisotopic (exact) mass is 157 g/mol. The molecule has 0 aliphatic rings. The molecule has 0 unspecified atom stereocenters. The summed E-state index contributed by atoms with van der Waals surface area (Å²) in [5.41, 5.74) is 5.09. The molecule has 0 heterocycles. The molecule has 0 saturated carbocycles. The molecular weight excluding hydrogens is 142 g/mol. The van der Waals surface area contributed by atoms with Gasteiger partial charge in [0.2, 0.25) is 5.91 Å². The fourth-order valence-electron chi connectivity index (χ4n) is 0. The summed E-state index contributed by atoms with van der Waals surface area (Å²) >= 11 is 0. The van der Waals surface area contributed by atoms with Crippen molar-refractivity contribution in [1.82, 2.24) is 0 Å². The van der Waals surface area contributed by atoms with Gasteiger partial charge >= 0.3 is 0 Å². The molecule has 2 nitrogen and oxygen atoms in total. The van der Waals surface area contributed by atoms with Gasteiger partial charge in [-0.1, -0.05) is 12.7 Å². The van der Waals surface area contributed by atoms with E-state index in [4.69, 9.17) is 5.73 Å². The lowest BCUT2D eigenvalue weighted by Gasteiger charge is -1.81. The second-order valence-electron chi connectivity index (χ2n) is 1.84. The highest BCUT2D eigenvalue weighted by atomic mass is 28.1. The van der Waals surface area contributed by atoms with Gasteiger partial charge in [-0.25, -0.2) is 0 Å². The van der Waals surface area contributed by atoms with Crippen molar-refractivity contribution in [3.63, 3.8) is 0 Å². The number of amides is 1. The van der Waals surface area contributed by atoms with Crippen LogP contribution in [0.3, 0.4) is 0 Å². The molecule has 0 fully saturated rings. The molecule has 2 N–H and O–H groups in total. The third-order valence-electron chi connectivity index (χ3n) is 0.709. The van der Waals surface area contributed by atoms with Gasteiger partial charge in [0.05, 0.1) is 0 Å². The van der Waals surface area contributed by atoms with Gasteiger partial charge in [0.15, 0.2) is 0 Å². The summed E-state index contributed by atoms with van der Waals surface area (Å²) < 4.78 is 0. The van der Waals surface area contributed by atoms with Gasteiger partial charge in [-0.2, -0.15) is 0 Å². The maximum absolute atomic E-state index is 9.82. The predicted octanol–water partition coefficient (Wildman–Crippen LogP) is 0.00390. The lowest BCUT2D eigenvalue weighted by molar-refractivity contribution is -0.114. The summed E-state index contributed by atoms with van der Waals surface area (Å²) in [6.45, 7) is 8.37. The Hall–Kier alpha value is -0.833. The van der Waals surface area contributed by atoms with Crippen molar-refractivity contribution in [2.45, 2.75) is 13.0 Å². The molecule has 0 saturated heterocycles. The van der Waals surface area contributed by atoms with E-state index in [1.807, 2.05) is 6.08 Å². The van der Waals surface area contributed by atoms with Crippen LogP contribution in [0, 0.1) is 0 Å². The molecule has 0 aliphatic carbocycles. The van der Waals surface area contributed by atoms with Gasteiger partial charge in [0, 0.05) is 15.8 Å². The fourth-order valence-corrected chi connectivity index (χ4v) is 0. The van der Waals surface area contributed by atoms with Crippen molar-refractivity contribution in [3.05, 3.63) is 24.8 Å². The van der Waals surface area contributed by atoms with Gasteiger partial charge in [-0.15, -0.1) is 6.58 Å². The number of hydrogen-bond acceptors (Lipinski definition) is 1. The highest BCUT2D eigenvalue weighted by Gasteiger charge is 1.86. The maximum Gasteiger partial charge on any atom is 0.243 e. The van der Waals surface area contributed by atoms with E-state index < -0.39 is 5.91 Å². The topological polar surface area (TPSA) is 43.1 Å². The predicted molar refractivity (Wildman–Crippen MR) is 49.0 cm³/mol. The molecule has 1 amide bonds. The Morgan fingerprint density at radius 2 is 2.00 bits per heavy atom. The minimum absolute atomic E-state index is 0.398. The fraction of sp³-hybridized carbons (Fsp3) is 0.286. The lowest BCUT2D eigenvalue weighted by atomic mass is 10.3. The van der Waals surface area contributed by atoms with Gasteiger partial charge in [0.1, 0.15) is 0 Å². The zero-order chi connectivity index (χ0) is 8.57. The Labute approximate surface area is 65.2 Å². The standard InChI is InChI=1S/C4H7NO.C3H8Si/c1-3(2)4(5)6;1-2-3-4/h1H2,2H3,(H2,5,6);2H,1,3H2,4H3. The van der Waals surface area contributed by atoms with E-state index in [0.717, 1.165) is 0 Å². The minimum Gasteiger partial charge on any atom is -0.366 e. The first kappa shape index (κ1) is 11.9. The van der Waals surface area contributed by atoms with Crippen LogP contribution in [0.5, 0.6) is 0 Å². The summed E-state index contributed by atoms with van der Waals surface area (Å²) in [6, 6.07) is 1.22. The number of carbonyl (C=O) groups excluding carboxylic acids is 1. The van der Waals surface area contributed by atoms with E-state index >= 15 is 0 Å². The van der Waals surface area contributed by atoms with Crippen LogP contribution in [0.1, 0.15) is 6.92 Å². The molecule has 0 aromatic heterocycles. The summed E-state index contributed by atoms with van der Waals surface area (Å²) in [4.78, 5) is 9.82. The molecule has 3 heteroatoms. The molecule has 10 heavy (non-hydrogen) atoms. The highest BCUT2D eigenvalue weighted by molar-refractivity contribution is 6.09. The van der Waals surface area contributed by atoms with E-state index in [0.29, 0.717) is 5.57 Å². The number of hydrogen-bond donors (Lipinski definition) is 1. The van der Waals surface area contributed by atoms with Gasteiger partial charge in [-0.3, -0.25) is 4.79 Å². The molecule has 0 spiro atoms. The van der Waals surface area contributed by atoms with Crippen LogP contribution >= 0.6 is 0 Å². The number of allylic oxidation sites excluding steroid dienone is 1. The first-order valence-corrected chi connectivity index (χ1v) is 4.53. The van der Waals surface area contributed by atoms with E-state index in [1.165, 1.54) is 16.3 Å². The van der Waals surface area contributed by atoms with Gasteiger partial charge in [-0.05, 0) is 13.0 Å². The third kappa shape index (κ3) is 15.7. The van der Waals surface area contributed by atoms with Crippen molar-refractivity contribution in [3.8, 4) is 0 Å².